The lowest BCUT2D eigenvalue weighted by Crippen LogP contribution is -2.81. The number of nitrogens with zero attached hydrogens (tertiary/aromatic N) is 3. The molecule has 10 atom stereocenters. The number of aromatic amines is 1. The second kappa shape index (κ2) is 15.5. The third kappa shape index (κ3) is 6.28. The first-order valence-electron chi connectivity index (χ1n) is 22.2. The third-order valence-corrected chi connectivity index (χ3v) is 16.2. The van der Waals surface area contributed by atoms with Gasteiger partial charge in [0.15, 0.2) is 0 Å². The molecule has 1 spiro atoms. The molecule has 16 nitrogen and oxygen atoms in total. The lowest BCUT2D eigenvalue weighted by Gasteiger charge is -2.64. The Bertz CT molecular complexity index is 2460. The summed E-state index contributed by atoms with van der Waals surface area (Å²) in [6.07, 6.45) is 5.84. The van der Waals surface area contributed by atoms with Crippen molar-refractivity contribution in [2.75, 3.05) is 72.3 Å². The molecule has 0 radical (unpaired) electrons. The smallest absolute Gasteiger partial charge is 0.400 e. The van der Waals surface area contributed by atoms with Gasteiger partial charge in [-0.25, -0.2) is 8.98 Å². The van der Waals surface area contributed by atoms with Crippen LogP contribution in [0.1, 0.15) is 75.3 Å². The summed E-state index contributed by atoms with van der Waals surface area (Å²) in [5.74, 6) is -1.61. The van der Waals surface area contributed by atoms with E-state index in [2.05, 4.69) is 26.9 Å². The van der Waals surface area contributed by atoms with Crippen LogP contribution in [-0.4, -0.2) is 147 Å². The number of carbonyl (C=O) groups excluding carboxylic acids is 2. The Labute approximate surface area is 368 Å². The summed E-state index contributed by atoms with van der Waals surface area (Å²) in [6.45, 7) is 8.11. The van der Waals surface area contributed by atoms with Gasteiger partial charge >= 0.3 is 22.3 Å². The number of piperidine rings is 1. The Morgan fingerprint density at radius 3 is 2.43 bits per heavy atom. The molecule has 342 valence electrons. The van der Waals surface area contributed by atoms with Gasteiger partial charge in [0.1, 0.15) is 17.3 Å². The van der Waals surface area contributed by atoms with Gasteiger partial charge in [0, 0.05) is 90.6 Å². The van der Waals surface area contributed by atoms with Crippen molar-refractivity contribution in [2.24, 2.45) is 11.3 Å². The van der Waals surface area contributed by atoms with E-state index in [1.165, 1.54) is 14.2 Å². The summed E-state index contributed by atoms with van der Waals surface area (Å²) in [4.78, 5) is 40.2. The molecule has 2 aromatic carbocycles. The molecule has 5 aliphatic heterocycles. The van der Waals surface area contributed by atoms with Crippen LogP contribution in [0.5, 0.6) is 5.75 Å². The summed E-state index contributed by atoms with van der Waals surface area (Å²) in [7, 11) is -0.548. The number of aromatic nitrogens is 1. The van der Waals surface area contributed by atoms with Crippen molar-refractivity contribution in [1.82, 2.24) is 14.8 Å². The molecule has 6 aliphatic rings. The Morgan fingerprint density at radius 1 is 0.968 bits per heavy atom. The first-order valence-corrected chi connectivity index (χ1v) is 23.5. The number of methoxy groups -OCH3 is 2. The summed E-state index contributed by atoms with van der Waals surface area (Å²) >= 11 is 0. The monoisotopic (exact) mass is 892 g/mol. The average Bonchev–Trinajstić information content (AvgIpc) is 3.92. The lowest BCUT2D eigenvalue weighted by molar-refractivity contribution is -0.229. The highest BCUT2D eigenvalue weighted by Gasteiger charge is 2.79. The summed E-state index contributed by atoms with van der Waals surface area (Å²) in [5, 5.41) is 26.4. The molecule has 2 bridgehead atoms. The lowest BCUT2D eigenvalue weighted by atomic mass is 9.47. The van der Waals surface area contributed by atoms with E-state index in [0.717, 1.165) is 22.0 Å². The Kier molecular flexibility index (Phi) is 10.9. The van der Waals surface area contributed by atoms with Crippen molar-refractivity contribution in [2.45, 2.75) is 99.5 Å². The Balaban J connectivity index is 1.38. The van der Waals surface area contributed by atoms with E-state index >= 15 is 4.79 Å². The maximum absolute atomic E-state index is 15.5. The largest absolute Gasteiger partial charge is 0.468 e. The average molecular weight is 893 g/mol. The molecule has 1 saturated carbocycles. The highest BCUT2D eigenvalue weighted by molar-refractivity contribution is 7.80. The molecule has 2 saturated heterocycles. The van der Waals surface area contributed by atoms with E-state index < -0.39 is 68.7 Å². The van der Waals surface area contributed by atoms with E-state index in [4.69, 9.17) is 23.1 Å². The molecule has 6 heterocycles. The number of benzene rings is 2. The molecule has 3 fully saturated rings. The van der Waals surface area contributed by atoms with Gasteiger partial charge in [0.25, 0.3) is 0 Å². The van der Waals surface area contributed by atoms with Crippen molar-refractivity contribution >= 4 is 38.9 Å². The third-order valence-electron chi connectivity index (χ3n) is 15.8. The molecule has 9 rings (SSSR count). The highest BCUT2D eigenvalue weighted by Crippen LogP contribution is 2.68. The topological polar surface area (TPSA) is 201 Å². The minimum Gasteiger partial charge on any atom is -0.468 e. The number of rotatable bonds is 11. The fourth-order valence-corrected chi connectivity index (χ4v) is 13.9. The van der Waals surface area contributed by atoms with Gasteiger partial charge in [-0.2, -0.15) is 8.42 Å². The van der Waals surface area contributed by atoms with E-state index in [9.17, 15) is 28.0 Å². The highest BCUT2D eigenvalue weighted by atomic mass is 32.3. The van der Waals surface area contributed by atoms with Crippen molar-refractivity contribution in [3.8, 4) is 5.75 Å². The van der Waals surface area contributed by atoms with Crippen LogP contribution in [0.4, 0.5) is 5.69 Å². The Morgan fingerprint density at radius 2 is 1.73 bits per heavy atom. The minimum absolute atomic E-state index is 0.0649. The van der Waals surface area contributed by atoms with Crippen molar-refractivity contribution in [3.05, 3.63) is 70.9 Å². The minimum atomic E-state index is -4.96. The molecule has 1 aliphatic carbocycles. The molecule has 0 amide bonds. The fourth-order valence-electron chi connectivity index (χ4n) is 13.7. The number of likely N-dealkylation sites (N-methyl/N-ethyl adjacent to an activating group) is 1. The zero-order chi connectivity index (χ0) is 44.9. The normalized spacial score (nSPS) is 35.8. The van der Waals surface area contributed by atoms with Crippen LogP contribution in [0.3, 0.4) is 0 Å². The van der Waals surface area contributed by atoms with E-state index in [-0.39, 0.29) is 30.7 Å². The Hall–Kier alpha value is -4.07. The number of hydrogen-bond donors (Lipinski definition) is 4. The van der Waals surface area contributed by atoms with Gasteiger partial charge in [-0.15, -0.1) is 0 Å². The number of aliphatic hydroxyl groups is 2. The number of H-pyrrole nitrogens is 1. The van der Waals surface area contributed by atoms with Crippen molar-refractivity contribution in [1.29, 1.82) is 0 Å². The van der Waals surface area contributed by atoms with Gasteiger partial charge in [0.2, 0.25) is 12.4 Å². The standard InChI is InChI=1S/C46H60N4O12S/c1-7-42(53)23-28-24-45(40(51)58-5,36-30(15-19-49(25-28)26-42)29-13-10-11-14-33(29)47-36)32-21-31-34(22-35(32)61-27-62-63(55,56)57)48(4)38-44(31)17-20-50-18-12-16-43(8-2,37(44)50)39(60-9-3)46(38,54)41(52)59-6/h10-14,16,21-22,28,37-39,47,53-54H,7-9,15,17-20,23-27H2,1-6H3,(H,55,56,57)/t28-,37-,38+,39+,42-,43+,44+,45-,46-/m0/s1. The van der Waals surface area contributed by atoms with E-state index in [1.54, 1.807) is 6.07 Å². The number of nitrogens with one attached hydrogen (secondary N) is 1. The number of para-hydroxylation sites is 1. The first kappa shape index (κ1) is 44.1. The van der Waals surface area contributed by atoms with Gasteiger partial charge < -0.3 is 39.0 Å². The molecular weight excluding hydrogens is 833 g/mol. The maximum atomic E-state index is 15.5. The van der Waals surface area contributed by atoms with Crippen molar-refractivity contribution in [3.63, 3.8) is 0 Å². The molecule has 63 heavy (non-hydrogen) atoms. The quantitative estimate of drug-likeness (QED) is 0.0942. The van der Waals surface area contributed by atoms with Crippen LogP contribution >= 0.6 is 0 Å². The number of hydrogen-bond acceptors (Lipinski definition) is 14. The molecule has 17 heteroatoms. The molecule has 3 aromatic rings. The van der Waals surface area contributed by atoms with Crippen LogP contribution in [-0.2, 0) is 55.6 Å². The summed E-state index contributed by atoms with van der Waals surface area (Å²) in [6, 6.07) is 10.3. The van der Waals surface area contributed by atoms with E-state index in [1.807, 2.05) is 63.1 Å². The number of fused-ring (bicyclic) bond motifs is 6. The van der Waals surface area contributed by atoms with Gasteiger partial charge in [-0.05, 0) is 81.2 Å². The zero-order valence-electron chi connectivity index (χ0n) is 36.9. The fraction of sp³-hybridized carbons (Fsp3) is 0.609. The maximum Gasteiger partial charge on any atom is 0.400 e. The van der Waals surface area contributed by atoms with E-state index in [0.29, 0.717) is 81.8 Å². The molecule has 1 unspecified atom stereocenters. The molecular formula is C46H60N4O12S. The summed E-state index contributed by atoms with van der Waals surface area (Å²) < 4.78 is 62.8. The predicted octanol–water partition coefficient (Wildman–Crippen LogP) is 3.61. The number of carbonyl (C=O) groups is 2. The van der Waals surface area contributed by atoms with Crippen LogP contribution in [0.25, 0.3) is 10.9 Å². The number of esters is 2. The van der Waals surface area contributed by atoms with Crippen molar-refractivity contribution < 1.29 is 55.9 Å². The van der Waals surface area contributed by atoms with Gasteiger partial charge in [-0.1, -0.05) is 44.2 Å². The predicted molar refractivity (Wildman–Crippen MR) is 232 cm³/mol. The van der Waals surface area contributed by atoms with Crippen LogP contribution in [0, 0.1) is 11.3 Å². The summed E-state index contributed by atoms with van der Waals surface area (Å²) in [5.41, 5.74) is -2.76. The number of anilines is 1. The van der Waals surface area contributed by atoms with Crippen LogP contribution < -0.4 is 9.64 Å². The molecule has 1 aromatic heterocycles. The first-order chi connectivity index (χ1) is 30.0. The van der Waals surface area contributed by atoms with Gasteiger partial charge in [0.05, 0.1) is 25.9 Å². The second-order valence-corrected chi connectivity index (χ2v) is 19.7. The zero-order valence-corrected chi connectivity index (χ0v) is 37.7. The SMILES string of the molecule is CCO[C@@H]1[C@]2(CC)C=CCN3CC[C@@]4(c5cc([C@@]6(C(=O)OC)C[C@H]7CN(CCc8c6[nH]c6ccccc86)C[C@](O)(CC)C7)c(OCOS(=O)(=O)O)cc5N(C)[C@H]4[C@@]1(O)C(=O)OC)[C@@H]32. The number of ether oxygens (including phenoxy) is 4. The van der Waals surface area contributed by atoms with Gasteiger partial charge in [-0.3, -0.25) is 19.1 Å². The molecule has 4 N–H and O–H groups in total. The van der Waals surface area contributed by atoms with Crippen LogP contribution in [0.2, 0.25) is 0 Å². The second-order valence-electron chi connectivity index (χ2n) is 18.7. The van der Waals surface area contributed by atoms with Crippen LogP contribution in [0.15, 0.2) is 48.6 Å².